The van der Waals surface area contributed by atoms with Crippen LogP contribution in [0.4, 0.5) is 15.9 Å². The van der Waals surface area contributed by atoms with Crippen LogP contribution in [-0.4, -0.2) is 60.4 Å². The molecule has 2 aliphatic rings. The first-order chi connectivity index (χ1) is 17.1. The molecule has 0 amide bonds. The topological polar surface area (TPSA) is 68.7 Å². The minimum atomic E-state index is -0.530. The van der Waals surface area contributed by atoms with Crippen molar-refractivity contribution >= 4 is 34.0 Å². The van der Waals surface area contributed by atoms with E-state index in [4.69, 9.17) is 25.8 Å². The molecule has 0 spiro atoms. The molecule has 1 saturated carbocycles. The Labute approximate surface area is 209 Å². The second-order valence-corrected chi connectivity index (χ2v) is 9.57. The molecule has 0 radical (unpaired) electrons. The van der Waals surface area contributed by atoms with Gasteiger partial charge in [-0.3, -0.25) is 4.90 Å². The van der Waals surface area contributed by atoms with E-state index >= 15 is 0 Å². The molecule has 3 aromatic rings. The normalized spacial score (nSPS) is 22.9. The number of anilines is 2. The van der Waals surface area contributed by atoms with Crippen LogP contribution >= 0.6 is 11.6 Å². The summed E-state index contributed by atoms with van der Waals surface area (Å²) in [4.78, 5) is 11.3. The maximum atomic E-state index is 14.5. The lowest BCUT2D eigenvalue weighted by Crippen LogP contribution is -2.39. The number of halogens is 2. The lowest BCUT2D eigenvalue weighted by molar-refractivity contribution is 0.0752. The van der Waals surface area contributed by atoms with Gasteiger partial charge in [-0.1, -0.05) is 17.7 Å². The monoisotopic (exact) mass is 500 g/mol. The van der Waals surface area contributed by atoms with E-state index < -0.39 is 5.82 Å². The molecule has 5 rings (SSSR count). The van der Waals surface area contributed by atoms with Crippen molar-refractivity contribution in [2.75, 3.05) is 32.6 Å². The summed E-state index contributed by atoms with van der Waals surface area (Å²) in [5.74, 6) is 1.18. The van der Waals surface area contributed by atoms with Crippen LogP contribution in [0.5, 0.6) is 11.5 Å². The number of aromatic nitrogens is 2. The second kappa shape index (κ2) is 10.5. The quantitative estimate of drug-likeness (QED) is 0.453. The van der Waals surface area contributed by atoms with Gasteiger partial charge in [-0.2, -0.15) is 0 Å². The lowest BCUT2D eigenvalue weighted by Gasteiger charge is -2.34. The number of rotatable bonds is 7. The van der Waals surface area contributed by atoms with Crippen molar-refractivity contribution in [3.8, 4) is 11.5 Å². The van der Waals surface area contributed by atoms with Crippen LogP contribution in [0, 0.1) is 5.82 Å². The number of ether oxygens (including phenoxy) is 3. The van der Waals surface area contributed by atoms with Crippen molar-refractivity contribution in [2.45, 2.75) is 50.4 Å². The fourth-order valence-electron chi connectivity index (χ4n) is 5.13. The Bertz CT molecular complexity index is 1190. The van der Waals surface area contributed by atoms with Crippen LogP contribution in [-0.2, 0) is 4.74 Å². The number of methoxy groups -OCH3 is 2. The number of hydrogen-bond donors (Lipinski definition) is 1. The van der Waals surface area contributed by atoms with Gasteiger partial charge in [0.2, 0.25) is 0 Å². The molecule has 2 heterocycles. The predicted octanol–water partition coefficient (Wildman–Crippen LogP) is 5.59. The summed E-state index contributed by atoms with van der Waals surface area (Å²) in [5, 5.41) is 3.80. The molecule has 1 saturated heterocycles. The molecule has 186 valence electrons. The highest BCUT2D eigenvalue weighted by Gasteiger charge is 2.32. The van der Waals surface area contributed by atoms with Crippen LogP contribution in [0.1, 0.15) is 32.1 Å². The third-order valence-corrected chi connectivity index (χ3v) is 7.38. The standard InChI is InChI=1S/C26H30ClFN4O3/c1-33-18-10-11-32(14-18)16-6-8-17(9-7-16)35-24-12-19-22(13-23(24)34-2)29-15-30-26(19)31-21-5-3-4-20(27)25(21)28/h3-5,12-13,15-18H,6-11,14H2,1-2H3,(H,29,30,31)/t16-,17-,18-/m1/s1. The van der Waals surface area contributed by atoms with Gasteiger partial charge in [-0.25, -0.2) is 14.4 Å². The van der Waals surface area contributed by atoms with Crippen LogP contribution < -0.4 is 14.8 Å². The summed E-state index contributed by atoms with van der Waals surface area (Å²) in [7, 11) is 3.42. The summed E-state index contributed by atoms with van der Waals surface area (Å²) in [5.41, 5.74) is 0.909. The van der Waals surface area contributed by atoms with E-state index in [0.717, 1.165) is 45.2 Å². The molecule has 9 heteroatoms. The number of nitrogens with one attached hydrogen (secondary N) is 1. The molecule has 2 fully saturated rings. The second-order valence-electron chi connectivity index (χ2n) is 9.16. The summed E-state index contributed by atoms with van der Waals surface area (Å²) >= 11 is 5.94. The zero-order valence-corrected chi connectivity index (χ0v) is 20.7. The van der Waals surface area contributed by atoms with Gasteiger partial charge < -0.3 is 19.5 Å². The van der Waals surface area contributed by atoms with E-state index in [1.165, 1.54) is 12.4 Å². The molecule has 35 heavy (non-hydrogen) atoms. The zero-order chi connectivity index (χ0) is 24.4. The zero-order valence-electron chi connectivity index (χ0n) is 20.0. The molecule has 2 aromatic carbocycles. The lowest BCUT2D eigenvalue weighted by atomic mass is 9.92. The Morgan fingerprint density at radius 1 is 1.03 bits per heavy atom. The third-order valence-electron chi connectivity index (χ3n) is 7.09. The maximum Gasteiger partial charge on any atom is 0.165 e. The van der Waals surface area contributed by atoms with E-state index in [1.54, 1.807) is 26.4 Å². The van der Waals surface area contributed by atoms with Crippen molar-refractivity contribution in [3.63, 3.8) is 0 Å². The minimum Gasteiger partial charge on any atom is -0.493 e. The molecule has 0 bridgehead atoms. The first-order valence-electron chi connectivity index (χ1n) is 12.0. The Morgan fingerprint density at radius 2 is 1.86 bits per heavy atom. The van der Waals surface area contributed by atoms with Crippen LogP contribution in [0.3, 0.4) is 0 Å². The van der Waals surface area contributed by atoms with Gasteiger partial charge in [0.05, 0.1) is 35.5 Å². The van der Waals surface area contributed by atoms with E-state index in [9.17, 15) is 4.39 Å². The van der Waals surface area contributed by atoms with E-state index in [-0.39, 0.29) is 16.8 Å². The number of benzene rings is 2. The van der Waals surface area contributed by atoms with Gasteiger partial charge in [0, 0.05) is 37.7 Å². The molecule has 0 unspecified atom stereocenters. The van der Waals surface area contributed by atoms with Crippen molar-refractivity contribution in [1.29, 1.82) is 0 Å². The number of nitrogens with zero attached hydrogens (tertiary/aromatic N) is 3. The van der Waals surface area contributed by atoms with Crippen LogP contribution in [0.15, 0.2) is 36.7 Å². The van der Waals surface area contributed by atoms with Gasteiger partial charge in [0.25, 0.3) is 0 Å². The fourth-order valence-corrected chi connectivity index (χ4v) is 5.30. The van der Waals surface area contributed by atoms with Crippen molar-refractivity contribution < 1.29 is 18.6 Å². The first-order valence-corrected chi connectivity index (χ1v) is 12.4. The average Bonchev–Trinajstić information content (AvgIpc) is 3.37. The van der Waals surface area contributed by atoms with Crippen molar-refractivity contribution in [1.82, 2.24) is 14.9 Å². The van der Waals surface area contributed by atoms with Crippen molar-refractivity contribution in [3.05, 3.63) is 47.5 Å². The van der Waals surface area contributed by atoms with E-state index in [0.29, 0.717) is 40.4 Å². The van der Waals surface area contributed by atoms with E-state index in [1.807, 2.05) is 12.1 Å². The molecule has 1 aliphatic carbocycles. The van der Waals surface area contributed by atoms with Gasteiger partial charge in [0.15, 0.2) is 17.3 Å². The maximum absolute atomic E-state index is 14.5. The third kappa shape index (κ3) is 5.15. The van der Waals surface area contributed by atoms with Gasteiger partial charge in [-0.15, -0.1) is 0 Å². The Balaban J connectivity index is 1.33. The number of likely N-dealkylation sites (tertiary alicyclic amines) is 1. The van der Waals surface area contributed by atoms with Crippen LogP contribution in [0.25, 0.3) is 10.9 Å². The predicted molar refractivity (Wildman–Crippen MR) is 134 cm³/mol. The Morgan fingerprint density at radius 3 is 2.60 bits per heavy atom. The summed E-state index contributed by atoms with van der Waals surface area (Å²) in [6.45, 7) is 2.13. The Kier molecular flexibility index (Phi) is 7.22. The largest absolute Gasteiger partial charge is 0.493 e. The molecular formula is C26H30ClFN4O3. The molecule has 1 N–H and O–H groups in total. The number of fused-ring (bicyclic) bond motifs is 1. The van der Waals surface area contributed by atoms with Crippen LogP contribution in [0.2, 0.25) is 5.02 Å². The molecule has 1 atom stereocenters. The fraction of sp³-hybridized carbons (Fsp3) is 0.462. The molecule has 7 nitrogen and oxygen atoms in total. The Hall–Kier alpha value is -2.68. The minimum absolute atomic E-state index is 0.0429. The summed E-state index contributed by atoms with van der Waals surface area (Å²) in [6.07, 6.45) is 7.15. The first kappa shape index (κ1) is 24.0. The molecule has 1 aliphatic heterocycles. The smallest absolute Gasteiger partial charge is 0.165 e. The SMILES string of the molecule is COc1cc2ncnc(Nc3cccc(Cl)c3F)c2cc1O[C@H]1CC[C@H](N2CC[C@@H](OC)C2)CC1. The van der Waals surface area contributed by atoms with Gasteiger partial charge >= 0.3 is 0 Å². The highest BCUT2D eigenvalue weighted by molar-refractivity contribution is 6.31. The average molecular weight is 501 g/mol. The highest BCUT2D eigenvalue weighted by Crippen LogP contribution is 2.38. The van der Waals surface area contributed by atoms with E-state index in [2.05, 4.69) is 20.2 Å². The van der Waals surface area contributed by atoms with Gasteiger partial charge in [0.1, 0.15) is 12.1 Å². The summed E-state index contributed by atoms with van der Waals surface area (Å²) < 4.78 is 32.1. The van der Waals surface area contributed by atoms with Crippen molar-refractivity contribution in [2.24, 2.45) is 0 Å². The number of hydrogen-bond acceptors (Lipinski definition) is 7. The molecule has 1 aromatic heterocycles. The van der Waals surface area contributed by atoms with Gasteiger partial charge in [-0.05, 0) is 50.3 Å². The molecular weight excluding hydrogens is 471 g/mol. The summed E-state index contributed by atoms with van der Waals surface area (Å²) in [6, 6.07) is 9.09. The highest BCUT2D eigenvalue weighted by atomic mass is 35.5.